The van der Waals surface area contributed by atoms with Crippen LogP contribution in [0.1, 0.15) is 11.1 Å². The third-order valence-corrected chi connectivity index (χ3v) is 2.30. The molecular weight excluding hydrogens is 219 g/mol. The second-order valence-corrected chi connectivity index (χ2v) is 3.71. The van der Waals surface area contributed by atoms with E-state index < -0.39 is 5.82 Å². The molecule has 1 N–H and O–H groups in total. The summed E-state index contributed by atoms with van der Waals surface area (Å²) in [4.78, 5) is 1.92. The summed E-state index contributed by atoms with van der Waals surface area (Å²) in [5, 5.41) is 17.6. The van der Waals surface area contributed by atoms with Gasteiger partial charge in [0.05, 0.1) is 18.2 Å². The maximum absolute atomic E-state index is 13.2. The summed E-state index contributed by atoms with van der Waals surface area (Å²) in [6.07, 6.45) is 1.72. The van der Waals surface area contributed by atoms with E-state index in [0.717, 1.165) is 5.56 Å². The van der Waals surface area contributed by atoms with Crippen molar-refractivity contribution in [2.45, 2.75) is 6.54 Å². The van der Waals surface area contributed by atoms with Gasteiger partial charge < -0.3 is 5.11 Å². The van der Waals surface area contributed by atoms with E-state index in [1.165, 1.54) is 12.1 Å². The minimum Gasteiger partial charge on any atom is -0.395 e. The Morgan fingerprint density at radius 1 is 1.47 bits per heavy atom. The van der Waals surface area contributed by atoms with Gasteiger partial charge in [-0.3, -0.25) is 4.90 Å². The molecule has 1 rings (SSSR count). The molecule has 0 aromatic heterocycles. The molecule has 0 spiro atoms. The molecular formula is C13H15FN2O. The molecule has 0 fully saturated rings. The fourth-order valence-electron chi connectivity index (χ4n) is 1.62. The monoisotopic (exact) mass is 234 g/mol. The number of hydrogen-bond acceptors (Lipinski definition) is 3. The molecule has 0 aliphatic heterocycles. The molecule has 17 heavy (non-hydrogen) atoms. The molecule has 3 nitrogen and oxygen atoms in total. The fourth-order valence-corrected chi connectivity index (χ4v) is 1.62. The van der Waals surface area contributed by atoms with E-state index >= 15 is 0 Å². The van der Waals surface area contributed by atoms with Crippen LogP contribution in [0.3, 0.4) is 0 Å². The Bertz CT molecular complexity index is 426. The van der Waals surface area contributed by atoms with E-state index in [2.05, 4.69) is 6.58 Å². The van der Waals surface area contributed by atoms with Gasteiger partial charge in [0.2, 0.25) is 0 Å². The smallest absolute Gasteiger partial charge is 0.124 e. The quantitative estimate of drug-likeness (QED) is 0.762. The molecule has 0 unspecified atom stereocenters. The van der Waals surface area contributed by atoms with E-state index in [9.17, 15) is 4.39 Å². The summed E-state index contributed by atoms with van der Waals surface area (Å²) in [5.41, 5.74) is 1.03. The van der Waals surface area contributed by atoms with Gasteiger partial charge in [-0.1, -0.05) is 6.08 Å². The Hall–Kier alpha value is -1.70. The molecule has 0 amide bonds. The van der Waals surface area contributed by atoms with Gasteiger partial charge in [-0.2, -0.15) is 5.26 Å². The molecule has 0 aliphatic carbocycles. The van der Waals surface area contributed by atoms with Crippen molar-refractivity contribution in [3.63, 3.8) is 0 Å². The van der Waals surface area contributed by atoms with E-state index in [1.807, 2.05) is 11.0 Å². The van der Waals surface area contributed by atoms with Crippen molar-refractivity contribution in [3.8, 4) is 6.07 Å². The Morgan fingerprint density at radius 3 is 2.82 bits per heavy atom. The van der Waals surface area contributed by atoms with Crippen molar-refractivity contribution in [3.05, 3.63) is 47.8 Å². The first-order chi connectivity index (χ1) is 8.19. The lowest BCUT2D eigenvalue weighted by atomic mass is 10.1. The van der Waals surface area contributed by atoms with E-state index in [1.54, 1.807) is 12.1 Å². The molecule has 90 valence electrons. The van der Waals surface area contributed by atoms with Gasteiger partial charge in [-0.25, -0.2) is 4.39 Å². The molecule has 0 aliphatic rings. The highest BCUT2D eigenvalue weighted by Gasteiger charge is 2.06. The van der Waals surface area contributed by atoms with Crippen LogP contribution in [0.25, 0.3) is 0 Å². The Morgan fingerprint density at radius 2 is 2.24 bits per heavy atom. The van der Waals surface area contributed by atoms with Crippen LogP contribution in [0.15, 0.2) is 30.9 Å². The summed E-state index contributed by atoms with van der Waals surface area (Å²) in [7, 11) is 0. The van der Waals surface area contributed by atoms with Crippen LogP contribution in [0, 0.1) is 17.1 Å². The minimum absolute atomic E-state index is 0.0360. The van der Waals surface area contributed by atoms with Crippen molar-refractivity contribution >= 4 is 0 Å². The Balaban J connectivity index is 2.81. The van der Waals surface area contributed by atoms with Crippen molar-refractivity contribution in [2.24, 2.45) is 0 Å². The second-order valence-electron chi connectivity index (χ2n) is 3.71. The van der Waals surface area contributed by atoms with Crippen LogP contribution >= 0.6 is 0 Å². The fraction of sp³-hybridized carbons (Fsp3) is 0.308. The SMILES string of the molecule is C=CCN(CCO)Cc1cc(F)cc(C#N)c1. The molecule has 4 heteroatoms. The maximum Gasteiger partial charge on any atom is 0.124 e. The first kappa shape index (κ1) is 13.4. The molecule has 1 aromatic rings. The predicted molar refractivity (Wildman–Crippen MR) is 63.7 cm³/mol. The average Bonchev–Trinajstić information content (AvgIpc) is 2.29. The third-order valence-electron chi connectivity index (χ3n) is 2.30. The number of hydrogen-bond donors (Lipinski definition) is 1. The Labute approximate surface area is 100 Å². The van der Waals surface area contributed by atoms with Crippen LogP contribution in [-0.4, -0.2) is 29.7 Å². The summed E-state index contributed by atoms with van der Waals surface area (Å²) in [6.45, 7) is 5.25. The van der Waals surface area contributed by atoms with Crippen molar-refractivity contribution in [1.82, 2.24) is 4.90 Å². The van der Waals surface area contributed by atoms with Gasteiger partial charge in [0, 0.05) is 19.6 Å². The summed E-state index contributed by atoms with van der Waals surface area (Å²) in [5.74, 6) is -0.415. The highest BCUT2D eigenvalue weighted by Crippen LogP contribution is 2.11. The van der Waals surface area contributed by atoms with Crippen molar-refractivity contribution in [1.29, 1.82) is 5.26 Å². The number of nitriles is 1. The normalized spacial score (nSPS) is 10.2. The standard InChI is InChI=1S/C13H15FN2O/c1-2-3-16(4-5-17)10-12-6-11(9-15)7-13(14)8-12/h2,6-8,17H,1,3-5,10H2. The highest BCUT2D eigenvalue weighted by atomic mass is 19.1. The zero-order valence-corrected chi connectivity index (χ0v) is 9.56. The van der Waals surface area contributed by atoms with Crippen LogP contribution in [0.2, 0.25) is 0 Å². The molecule has 0 radical (unpaired) electrons. The van der Waals surface area contributed by atoms with Crippen molar-refractivity contribution in [2.75, 3.05) is 19.7 Å². The zero-order valence-electron chi connectivity index (χ0n) is 9.56. The van der Waals surface area contributed by atoms with E-state index in [-0.39, 0.29) is 6.61 Å². The van der Waals surface area contributed by atoms with E-state index in [4.69, 9.17) is 10.4 Å². The van der Waals surface area contributed by atoms with Gasteiger partial charge >= 0.3 is 0 Å². The van der Waals surface area contributed by atoms with Gasteiger partial charge in [-0.05, 0) is 23.8 Å². The second kappa shape index (κ2) is 6.79. The number of rotatable bonds is 6. The van der Waals surface area contributed by atoms with Crippen LogP contribution in [0.5, 0.6) is 0 Å². The molecule has 0 atom stereocenters. The Kier molecular flexibility index (Phi) is 5.34. The number of nitrogens with zero attached hydrogens (tertiary/aromatic N) is 2. The van der Waals surface area contributed by atoms with Gasteiger partial charge in [0.25, 0.3) is 0 Å². The van der Waals surface area contributed by atoms with Crippen LogP contribution in [-0.2, 0) is 6.54 Å². The summed E-state index contributed by atoms with van der Waals surface area (Å²) in [6, 6.07) is 6.17. The lowest BCUT2D eigenvalue weighted by molar-refractivity contribution is 0.203. The first-order valence-electron chi connectivity index (χ1n) is 5.33. The summed E-state index contributed by atoms with van der Waals surface area (Å²) >= 11 is 0. The summed E-state index contributed by atoms with van der Waals surface area (Å²) < 4.78 is 13.2. The molecule has 0 bridgehead atoms. The van der Waals surface area contributed by atoms with Crippen molar-refractivity contribution < 1.29 is 9.50 Å². The first-order valence-corrected chi connectivity index (χ1v) is 5.33. The number of aliphatic hydroxyl groups is 1. The highest BCUT2D eigenvalue weighted by molar-refractivity contribution is 5.33. The lowest BCUT2D eigenvalue weighted by Gasteiger charge is -2.19. The van der Waals surface area contributed by atoms with Gasteiger partial charge in [0.1, 0.15) is 5.82 Å². The van der Waals surface area contributed by atoms with Crippen LogP contribution < -0.4 is 0 Å². The number of aliphatic hydroxyl groups excluding tert-OH is 1. The number of halogens is 1. The maximum atomic E-state index is 13.2. The largest absolute Gasteiger partial charge is 0.395 e. The zero-order chi connectivity index (χ0) is 12.7. The van der Waals surface area contributed by atoms with E-state index in [0.29, 0.717) is 25.2 Å². The van der Waals surface area contributed by atoms with Gasteiger partial charge in [-0.15, -0.1) is 6.58 Å². The topological polar surface area (TPSA) is 47.3 Å². The molecule has 0 saturated carbocycles. The number of benzene rings is 1. The predicted octanol–water partition coefficient (Wildman–Crippen LogP) is 1.68. The lowest BCUT2D eigenvalue weighted by Crippen LogP contribution is -2.26. The minimum atomic E-state index is -0.415. The van der Waals surface area contributed by atoms with Gasteiger partial charge in [0.15, 0.2) is 0 Å². The van der Waals surface area contributed by atoms with Crippen LogP contribution in [0.4, 0.5) is 4.39 Å². The third kappa shape index (κ3) is 4.35. The average molecular weight is 234 g/mol. The molecule has 0 heterocycles. The molecule has 1 aromatic carbocycles. The molecule has 0 saturated heterocycles.